The molecule has 1 amide bonds. The summed E-state index contributed by atoms with van der Waals surface area (Å²) in [7, 11) is 5.38. The normalized spacial score (nSPS) is 18.3. The molecule has 30 heavy (non-hydrogen) atoms. The van der Waals surface area contributed by atoms with Crippen LogP contribution in [0.15, 0.2) is 52.5 Å². The number of amides is 1. The van der Waals surface area contributed by atoms with Gasteiger partial charge in [0.25, 0.3) is 11.7 Å². The lowest BCUT2D eigenvalue weighted by atomic mass is 9.94. The molecule has 6 nitrogen and oxygen atoms in total. The van der Waals surface area contributed by atoms with E-state index in [0.717, 1.165) is 15.6 Å². The lowest BCUT2D eigenvalue weighted by Gasteiger charge is -2.26. The molecule has 1 unspecified atom stereocenters. The summed E-state index contributed by atoms with van der Waals surface area (Å²) in [5, 5.41) is 11.2. The van der Waals surface area contributed by atoms with Gasteiger partial charge < -0.3 is 19.6 Å². The molecule has 0 aromatic heterocycles. The molecule has 3 rings (SSSR count). The molecule has 2 aromatic rings. The number of aliphatic hydroxyl groups excluding tert-OH is 1. The van der Waals surface area contributed by atoms with Crippen LogP contribution in [-0.2, 0) is 9.59 Å². The second-order valence-electron chi connectivity index (χ2n) is 7.53. The highest BCUT2D eigenvalue weighted by atomic mass is 79.9. The molecular formula is C23H25BrN2O4. The van der Waals surface area contributed by atoms with Gasteiger partial charge in [-0.2, -0.15) is 0 Å². The Morgan fingerprint density at radius 3 is 2.53 bits per heavy atom. The van der Waals surface area contributed by atoms with Gasteiger partial charge in [-0.3, -0.25) is 9.59 Å². The maximum absolute atomic E-state index is 13.0. The third-order valence-corrected chi connectivity index (χ3v) is 5.67. The zero-order valence-corrected chi connectivity index (χ0v) is 19.1. The average molecular weight is 473 g/mol. The number of hydrogen-bond acceptors (Lipinski definition) is 5. The van der Waals surface area contributed by atoms with E-state index in [9.17, 15) is 14.7 Å². The molecule has 1 aliphatic rings. The van der Waals surface area contributed by atoms with Gasteiger partial charge in [0.1, 0.15) is 11.5 Å². The molecule has 1 heterocycles. The number of likely N-dealkylation sites (tertiary alicyclic amines) is 1. The molecule has 0 saturated carbocycles. The Bertz CT molecular complexity index is 1020. The van der Waals surface area contributed by atoms with E-state index in [1.54, 1.807) is 25.3 Å². The predicted octanol–water partition coefficient (Wildman–Crippen LogP) is 3.75. The number of Topliss-reactive ketones (excluding diaryl/α,β-unsaturated/α-hetero) is 1. The molecule has 1 saturated heterocycles. The molecule has 0 aliphatic carbocycles. The number of rotatable bonds is 6. The van der Waals surface area contributed by atoms with E-state index in [4.69, 9.17) is 4.74 Å². The van der Waals surface area contributed by atoms with Crippen molar-refractivity contribution < 1.29 is 19.4 Å². The van der Waals surface area contributed by atoms with Gasteiger partial charge in [-0.15, -0.1) is 0 Å². The summed E-state index contributed by atoms with van der Waals surface area (Å²) in [4.78, 5) is 29.4. The number of halogens is 1. The van der Waals surface area contributed by atoms with E-state index in [1.165, 1.54) is 4.90 Å². The van der Waals surface area contributed by atoms with Crippen LogP contribution in [0.2, 0.25) is 0 Å². The smallest absolute Gasteiger partial charge is 0.295 e. The summed E-state index contributed by atoms with van der Waals surface area (Å²) in [6, 6.07) is 12.0. The number of benzene rings is 2. The van der Waals surface area contributed by atoms with Crippen molar-refractivity contribution in [2.24, 2.45) is 0 Å². The molecule has 0 bridgehead atoms. The molecule has 1 aliphatic heterocycles. The molecule has 1 N–H and O–H groups in total. The zero-order valence-electron chi connectivity index (χ0n) is 17.5. The van der Waals surface area contributed by atoms with Crippen molar-refractivity contribution in [2.45, 2.75) is 13.0 Å². The minimum atomic E-state index is -0.675. The van der Waals surface area contributed by atoms with Gasteiger partial charge >= 0.3 is 0 Å². The van der Waals surface area contributed by atoms with Crippen molar-refractivity contribution in [1.82, 2.24) is 9.80 Å². The second-order valence-corrected chi connectivity index (χ2v) is 8.45. The number of carbonyl (C=O) groups is 2. The Balaban J connectivity index is 2.17. The third-order valence-electron chi connectivity index (χ3n) is 5.18. The minimum Gasteiger partial charge on any atom is -0.507 e. The maximum Gasteiger partial charge on any atom is 0.295 e. The third kappa shape index (κ3) is 4.27. The van der Waals surface area contributed by atoms with Crippen LogP contribution in [0.4, 0.5) is 0 Å². The Hall–Kier alpha value is -2.64. The lowest BCUT2D eigenvalue weighted by Crippen LogP contribution is -2.35. The Morgan fingerprint density at radius 1 is 1.20 bits per heavy atom. The molecule has 7 heteroatoms. The predicted molar refractivity (Wildman–Crippen MR) is 119 cm³/mol. The summed E-state index contributed by atoms with van der Waals surface area (Å²) < 4.78 is 6.06. The molecule has 158 valence electrons. The summed E-state index contributed by atoms with van der Waals surface area (Å²) in [5.41, 5.74) is 2.11. The van der Waals surface area contributed by atoms with Crippen molar-refractivity contribution in [3.05, 3.63) is 69.2 Å². The number of ether oxygens (including phenoxy) is 1. The molecule has 2 aromatic carbocycles. The first kappa shape index (κ1) is 22.1. The fourth-order valence-corrected chi connectivity index (χ4v) is 4.03. The number of hydrogen-bond donors (Lipinski definition) is 1. The van der Waals surface area contributed by atoms with E-state index in [-0.39, 0.29) is 11.3 Å². The molecular weight excluding hydrogens is 448 g/mol. The fourth-order valence-electron chi connectivity index (χ4n) is 3.62. The van der Waals surface area contributed by atoms with Crippen LogP contribution in [0.1, 0.15) is 22.7 Å². The van der Waals surface area contributed by atoms with Crippen LogP contribution in [-0.4, -0.2) is 60.9 Å². The highest BCUT2D eigenvalue weighted by molar-refractivity contribution is 9.10. The van der Waals surface area contributed by atoms with Crippen molar-refractivity contribution in [2.75, 3.05) is 34.3 Å². The van der Waals surface area contributed by atoms with Crippen molar-refractivity contribution in [1.29, 1.82) is 0 Å². The van der Waals surface area contributed by atoms with Gasteiger partial charge in [0, 0.05) is 23.1 Å². The number of aliphatic hydroxyl groups is 1. The van der Waals surface area contributed by atoms with E-state index < -0.39 is 17.7 Å². The second kappa shape index (κ2) is 9.02. The van der Waals surface area contributed by atoms with Gasteiger partial charge in [-0.05, 0) is 62.5 Å². The molecule has 0 radical (unpaired) electrons. The summed E-state index contributed by atoms with van der Waals surface area (Å²) in [5.74, 6) is -0.800. The Labute approximate surface area is 184 Å². The van der Waals surface area contributed by atoms with Crippen molar-refractivity contribution >= 4 is 33.4 Å². The monoisotopic (exact) mass is 472 g/mol. The highest BCUT2D eigenvalue weighted by Gasteiger charge is 2.46. The summed E-state index contributed by atoms with van der Waals surface area (Å²) >= 11 is 3.46. The minimum absolute atomic E-state index is 0.102. The topological polar surface area (TPSA) is 70.1 Å². The van der Waals surface area contributed by atoms with Crippen molar-refractivity contribution in [3.63, 3.8) is 0 Å². The quantitative estimate of drug-likeness (QED) is 0.393. The number of aryl methyl sites for hydroxylation is 1. The van der Waals surface area contributed by atoms with E-state index >= 15 is 0 Å². The van der Waals surface area contributed by atoms with Gasteiger partial charge in [-0.25, -0.2) is 0 Å². The number of methoxy groups -OCH3 is 1. The largest absolute Gasteiger partial charge is 0.507 e. The van der Waals surface area contributed by atoms with E-state index in [0.29, 0.717) is 24.4 Å². The fraction of sp³-hybridized carbons (Fsp3) is 0.304. The first-order valence-electron chi connectivity index (χ1n) is 9.58. The van der Waals surface area contributed by atoms with Gasteiger partial charge in [0.05, 0.1) is 18.7 Å². The maximum atomic E-state index is 13.0. The summed E-state index contributed by atoms with van der Waals surface area (Å²) in [6.07, 6.45) is 0. The van der Waals surface area contributed by atoms with E-state index in [2.05, 4.69) is 15.9 Å². The van der Waals surface area contributed by atoms with Gasteiger partial charge in [0.15, 0.2) is 0 Å². The van der Waals surface area contributed by atoms with Crippen LogP contribution in [0.25, 0.3) is 5.76 Å². The number of nitrogens with zero attached hydrogens (tertiary/aromatic N) is 2. The SMILES string of the molecule is COc1ccc(/C(O)=C2\C(=O)C(=O)N(CCN(C)C)C2c2cccc(Br)c2)c(C)c1. The number of ketones is 1. The van der Waals surface area contributed by atoms with Crippen molar-refractivity contribution in [3.8, 4) is 5.75 Å². The van der Waals surface area contributed by atoms with Crippen LogP contribution in [0.3, 0.4) is 0 Å². The highest BCUT2D eigenvalue weighted by Crippen LogP contribution is 2.40. The van der Waals surface area contributed by atoms with Crippen LogP contribution in [0.5, 0.6) is 5.75 Å². The Morgan fingerprint density at radius 2 is 1.93 bits per heavy atom. The lowest BCUT2D eigenvalue weighted by molar-refractivity contribution is -0.140. The van der Waals surface area contributed by atoms with Crippen LogP contribution < -0.4 is 4.74 Å². The summed E-state index contributed by atoms with van der Waals surface area (Å²) in [6.45, 7) is 2.79. The van der Waals surface area contributed by atoms with Crippen LogP contribution >= 0.6 is 15.9 Å². The zero-order chi connectivity index (χ0) is 22.0. The number of likely N-dealkylation sites (N-methyl/N-ethyl adjacent to an activating group) is 1. The van der Waals surface area contributed by atoms with Gasteiger partial charge in [0.2, 0.25) is 0 Å². The van der Waals surface area contributed by atoms with Crippen LogP contribution in [0, 0.1) is 6.92 Å². The molecule has 0 spiro atoms. The first-order chi connectivity index (χ1) is 14.2. The number of carbonyl (C=O) groups excluding carboxylic acids is 2. The average Bonchev–Trinajstić information content (AvgIpc) is 2.96. The standard InChI is InChI=1S/C23H25BrN2O4/c1-14-12-17(30-4)8-9-18(14)21(27)19-20(15-6-5-7-16(24)13-15)26(11-10-25(2)3)23(29)22(19)28/h5-9,12-13,20,27H,10-11H2,1-4H3/b21-19+. The molecule has 1 atom stereocenters. The molecule has 1 fully saturated rings. The first-order valence-corrected chi connectivity index (χ1v) is 10.4. The Kier molecular flexibility index (Phi) is 6.63. The van der Waals surface area contributed by atoms with Gasteiger partial charge in [-0.1, -0.05) is 28.1 Å². The van der Waals surface area contributed by atoms with E-state index in [1.807, 2.05) is 50.2 Å².